The Labute approximate surface area is 183 Å². The highest BCUT2D eigenvalue weighted by atomic mass is 32.2. The fourth-order valence-electron chi connectivity index (χ4n) is 2.67. The van der Waals surface area contributed by atoms with Gasteiger partial charge in [-0.2, -0.15) is 13.2 Å². The summed E-state index contributed by atoms with van der Waals surface area (Å²) < 4.78 is 71.2. The molecule has 2 rings (SSSR count). The topological polar surface area (TPSA) is 92.8 Å². The minimum absolute atomic E-state index is 0.141. The van der Waals surface area contributed by atoms with Crippen molar-refractivity contribution in [3.8, 4) is 0 Å². The first-order valence-corrected chi connectivity index (χ1v) is 10.8. The first-order valence-electron chi connectivity index (χ1n) is 9.35. The average Bonchev–Trinajstić information content (AvgIpc) is 2.75. The molecule has 11 heteroatoms. The molecule has 0 saturated carbocycles. The molecule has 0 aliphatic carbocycles. The molecule has 0 aromatic heterocycles. The van der Waals surface area contributed by atoms with Crippen LogP contribution in [0.15, 0.2) is 66.1 Å². The summed E-state index contributed by atoms with van der Waals surface area (Å²) in [6.07, 6.45) is -3.43. The molecule has 0 heterocycles. The van der Waals surface area contributed by atoms with E-state index in [0.29, 0.717) is 12.6 Å². The maximum absolute atomic E-state index is 13.2. The number of likely N-dealkylation sites (N-methyl/N-ethyl adjacent to an activating group) is 1. The molecule has 0 saturated heterocycles. The molecule has 2 aromatic rings. The van der Waals surface area contributed by atoms with Crippen molar-refractivity contribution in [1.29, 1.82) is 0 Å². The fraction of sp³-hybridized carbons (Fsp3) is 0.238. The number of nitrogens with one attached hydrogen (secondary N) is 1. The van der Waals surface area contributed by atoms with Crippen molar-refractivity contribution in [3.63, 3.8) is 0 Å². The van der Waals surface area contributed by atoms with E-state index in [1.54, 1.807) is 6.92 Å². The molecule has 172 valence electrons. The smallest absolute Gasteiger partial charge is 0.416 e. The van der Waals surface area contributed by atoms with Crippen LogP contribution >= 0.6 is 0 Å². The minimum Gasteiger partial charge on any atom is -0.452 e. The number of ether oxygens (including phenoxy) is 1. The zero-order chi connectivity index (χ0) is 23.9. The van der Waals surface area contributed by atoms with Gasteiger partial charge in [-0.3, -0.25) is 9.10 Å². The summed E-state index contributed by atoms with van der Waals surface area (Å²) in [6.45, 7) is 4.64. The van der Waals surface area contributed by atoms with E-state index in [4.69, 9.17) is 4.74 Å². The van der Waals surface area contributed by atoms with E-state index in [-0.39, 0.29) is 22.7 Å². The highest BCUT2D eigenvalue weighted by Gasteiger charge is 2.32. The van der Waals surface area contributed by atoms with Crippen LogP contribution in [0, 0.1) is 0 Å². The standard InChI is InChI=1S/C21H21F3N2O5S/c1-3-11-26(17-9-6-8-16(13-17)21(22,23)24)32(29,30)18-10-5-7-15(12-18)20(28)31-14-19(27)25-4-2/h3,5-10,12-13H,1,4,11,14H2,2H3,(H,25,27). The molecule has 0 aliphatic heterocycles. The number of nitrogens with zero attached hydrogens (tertiary/aromatic N) is 1. The minimum atomic E-state index is -4.66. The molecule has 0 fully saturated rings. The van der Waals surface area contributed by atoms with Crippen molar-refractivity contribution in [1.82, 2.24) is 5.32 Å². The number of sulfonamides is 1. The third kappa shape index (κ3) is 6.10. The summed E-state index contributed by atoms with van der Waals surface area (Å²) in [5, 5.41) is 2.44. The van der Waals surface area contributed by atoms with Gasteiger partial charge >= 0.3 is 12.1 Å². The van der Waals surface area contributed by atoms with Gasteiger partial charge in [0, 0.05) is 6.54 Å². The number of alkyl halides is 3. The Morgan fingerprint density at radius 1 is 1.16 bits per heavy atom. The van der Waals surface area contributed by atoms with Crippen LogP contribution in [0.1, 0.15) is 22.8 Å². The number of rotatable bonds is 9. The number of esters is 1. The molecule has 0 atom stereocenters. The van der Waals surface area contributed by atoms with Crippen molar-refractivity contribution < 1.29 is 35.9 Å². The van der Waals surface area contributed by atoms with E-state index >= 15 is 0 Å². The zero-order valence-corrected chi connectivity index (χ0v) is 17.9. The van der Waals surface area contributed by atoms with Crippen molar-refractivity contribution >= 4 is 27.6 Å². The van der Waals surface area contributed by atoms with Crippen molar-refractivity contribution in [2.24, 2.45) is 0 Å². The van der Waals surface area contributed by atoms with Crippen LogP contribution in [0.2, 0.25) is 0 Å². The molecular weight excluding hydrogens is 449 g/mol. The van der Waals surface area contributed by atoms with Crippen molar-refractivity contribution in [2.45, 2.75) is 18.0 Å². The number of halogens is 3. The molecule has 0 aliphatic rings. The predicted octanol–water partition coefficient (Wildman–Crippen LogP) is 3.38. The molecule has 32 heavy (non-hydrogen) atoms. The Morgan fingerprint density at radius 3 is 2.47 bits per heavy atom. The highest BCUT2D eigenvalue weighted by molar-refractivity contribution is 7.92. The quantitative estimate of drug-likeness (QED) is 0.448. The van der Waals surface area contributed by atoms with Crippen molar-refractivity contribution in [3.05, 3.63) is 72.3 Å². The third-order valence-electron chi connectivity index (χ3n) is 4.12. The Bertz CT molecular complexity index is 1100. The van der Waals surface area contributed by atoms with Gasteiger partial charge < -0.3 is 10.1 Å². The van der Waals surface area contributed by atoms with Crippen LogP contribution < -0.4 is 9.62 Å². The summed E-state index contributed by atoms with van der Waals surface area (Å²) >= 11 is 0. The van der Waals surface area contributed by atoms with Gasteiger partial charge in [-0.25, -0.2) is 13.2 Å². The lowest BCUT2D eigenvalue weighted by molar-refractivity contribution is -0.137. The number of carbonyl (C=O) groups excluding carboxylic acids is 2. The van der Waals surface area contributed by atoms with Gasteiger partial charge in [0.1, 0.15) is 0 Å². The number of hydrogen-bond donors (Lipinski definition) is 1. The highest BCUT2D eigenvalue weighted by Crippen LogP contribution is 2.33. The number of benzene rings is 2. The van der Waals surface area contributed by atoms with E-state index in [2.05, 4.69) is 11.9 Å². The Kier molecular flexibility index (Phi) is 8.03. The van der Waals surface area contributed by atoms with Crippen LogP contribution in [0.25, 0.3) is 0 Å². The SMILES string of the molecule is C=CCN(c1cccc(C(F)(F)F)c1)S(=O)(=O)c1cccc(C(=O)OCC(=O)NCC)c1. The lowest BCUT2D eigenvalue weighted by Gasteiger charge is -2.24. The van der Waals surface area contributed by atoms with E-state index < -0.39 is 40.2 Å². The summed E-state index contributed by atoms with van der Waals surface area (Å²) in [6, 6.07) is 8.66. The Hall–Kier alpha value is -3.34. The van der Waals surface area contributed by atoms with Gasteiger partial charge in [-0.15, -0.1) is 6.58 Å². The van der Waals surface area contributed by atoms with Gasteiger partial charge in [0.25, 0.3) is 15.9 Å². The second-order valence-corrected chi connectivity index (χ2v) is 8.29. The molecule has 0 radical (unpaired) electrons. The van der Waals surface area contributed by atoms with Crippen LogP contribution in [0.5, 0.6) is 0 Å². The van der Waals surface area contributed by atoms with Crippen LogP contribution in [-0.4, -0.2) is 40.0 Å². The van der Waals surface area contributed by atoms with E-state index in [0.717, 1.165) is 22.5 Å². The number of hydrogen-bond acceptors (Lipinski definition) is 5. The lowest BCUT2D eigenvalue weighted by atomic mass is 10.2. The van der Waals surface area contributed by atoms with Crippen molar-refractivity contribution in [2.75, 3.05) is 24.0 Å². The van der Waals surface area contributed by atoms with E-state index in [9.17, 15) is 31.2 Å². The normalized spacial score (nSPS) is 11.5. The number of anilines is 1. The first-order chi connectivity index (χ1) is 15.0. The Balaban J connectivity index is 2.38. The molecule has 0 unspecified atom stereocenters. The van der Waals surface area contributed by atoms with Crippen LogP contribution in [0.4, 0.5) is 18.9 Å². The molecule has 1 amide bonds. The monoisotopic (exact) mass is 470 g/mol. The van der Waals surface area contributed by atoms with Gasteiger partial charge in [-0.1, -0.05) is 18.2 Å². The lowest BCUT2D eigenvalue weighted by Crippen LogP contribution is -2.31. The van der Waals surface area contributed by atoms with Crippen LogP contribution in [-0.2, 0) is 25.7 Å². The first kappa shape index (κ1) is 24.9. The maximum Gasteiger partial charge on any atom is 0.416 e. The summed E-state index contributed by atoms with van der Waals surface area (Å²) in [4.78, 5) is 23.3. The molecule has 1 N–H and O–H groups in total. The maximum atomic E-state index is 13.2. The van der Waals surface area contributed by atoms with Gasteiger partial charge in [0.05, 0.1) is 28.3 Å². The Morgan fingerprint density at radius 2 is 1.84 bits per heavy atom. The van der Waals surface area contributed by atoms with Gasteiger partial charge in [0.2, 0.25) is 0 Å². The number of amides is 1. The molecule has 7 nitrogen and oxygen atoms in total. The van der Waals surface area contributed by atoms with E-state index in [1.807, 2.05) is 0 Å². The molecular formula is C21H21F3N2O5S. The van der Waals surface area contributed by atoms with E-state index in [1.165, 1.54) is 30.3 Å². The van der Waals surface area contributed by atoms with Gasteiger partial charge in [0.15, 0.2) is 6.61 Å². The molecule has 2 aromatic carbocycles. The number of carbonyl (C=O) groups is 2. The largest absolute Gasteiger partial charge is 0.452 e. The molecule has 0 bridgehead atoms. The van der Waals surface area contributed by atoms with Gasteiger partial charge in [-0.05, 0) is 43.3 Å². The zero-order valence-electron chi connectivity index (χ0n) is 17.1. The summed E-state index contributed by atoms with van der Waals surface area (Å²) in [5.41, 5.74) is -1.37. The summed E-state index contributed by atoms with van der Waals surface area (Å²) in [7, 11) is -4.37. The second-order valence-electron chi connectivity index (χ2n) is 6.43. The summed E-state index contributed by atoms with van der Waals surface area (Å²) in [5.74, 6) is -1.45. The molecule has 0 spiro atoms. The third-order valence-corrected chi connectivity index (χ3v) is 5.91. The predicted molar refractivity (Wildman–Crippen MR) is 112 cm³/mol. The van der Waals surface area contributed by atoms with Crippen LogP contribution in [0.3, 0.4) is 0 Å². The average molecular weight is 470 g/mol. The second kappa shape index (κ2) is 10.3. The fourth-order valence-corrected chi connectivity index (χ4v) is 4.14.